The highest BCUT2D eigenvalue weighted by molar-refractivity contribution is 5.86. The van der Waals surface area contributed by atoms with E-state index < -0.39 is 23.0 Å². The third-order valence-electron chi connectivity index (χ3n) is 3.44. The maximum absolute atomic E-state index is 13.6. The van der Waals surface area contributed by atoms with Crippen molar-refractivity contribution in [3.8, 4) is 0 Å². The fourth-order valence-electron chi connectivity index (χ4n) is 2.38. The molecule has 0 aromatic carbocycles. The highest BCUT2D eigenvalue weighted by atomic mass is 19.1. The number of carbonyl (C=O) groups is 1. The van der Waals surface area contributed by atoms with E-state index in [2.05, 4.69) is 10.1 Å². The molecule has 0 aliphatic carbocycles. The van der Waals surface area contributed by atoms with E-state index in [4.69, 9.17) is 9.84 Å². The lowest BCUT2D eigenvalue weighted by Gasteiger charge is -2.20. The van der Waals surface area contributed by atoms with Crippen molar-refractivity contribution in [1.29, 1.82) is 0 Å². The summed E-state index contributed by atoms with van der Waals surface area (Å²) in [4.78, 5) is 26.3. The number of aromatic nitrogens is 3. The fourth-order valence-corrected chi connectivity index (χ4v) is 2.38. The number of carboxylic acid groups (broad SMARTS) is 1. The van der Waals surface area contributed by atoms with Gasteiger partial charge in [-0.3, -0.25) is 9.89 Å². The number of aromatic amines is 1. The zero-order chi connectivity index (χ0) is 14.3. The lowest BCUT2D eigenvalue weighted by atomic mass is 9.97. The zero-order valence-corrected chi connectivity index (χ0v) is 10.4. The number of carboxylic acids is 1. The number of nitrogens with zero attached hydrogens (tertiary/aromatic N) is 2. The summed E-state index contributed by atoms with van der Waals surface area (Å²) in [5, 5.41) is 11.6. The fraction of sp³-hybridized carbons (Fsp3) is 0.417. The van der Waals surface area contributed by atoms with Gasteiger partial charge >= 0.3 is 11.5 Å². The smallest absolute Gasteiger partial charge is 0.357 e. The molecule has 0 spiro atoms. The van der Waals surface area contributed by atoms with E-state index in [1.807, 2.05) is 0 Å². The SMILES string of the molecule is O=C(O)c1nc2cc(C3CCOCC3)[nH]n2c(=O)c1F. The van der Waals surface area contributed by atoms with Crippen molar-refractivity contribution in [1.82, 2.24) is 14.6 Å². The summed E-state index contributed by atoms with van der Waals surface area (Å²) in [6.07, 6.45) is 1.58. The Labute approximate surface area is 112 Å². The standard InChI is InChI=1S/C12H12FN3O4/c13-9-10(12(18)19)14-8-5-7(15-16(8)11(9)17)6-1-3-20-4-2-6/h5-6,15H,1-4H2,(H,18,19). The van der Waals surface area contributed by atoms with Gasteiger partial charge in [-0.15, -0.1) is 0 Å². The molecule has 1 saturated heterocycles. The minimum Gasteiger partial charge on any atom is -0.476 e. The molecule has 3 heterocycles. The average Bonchev–Trinajstić information content (AvgIpc) is 2.88. The number of nitrogens with one attached hydrogen (secondary N) is 1. The Balaban J connectivity index is 2.13. The van der Waals surface area contributed by atoms with Gasteiger partial charge in [-0.25, -0.2) is 9.78 Å². The van der Waals surface area contributed by atoms with Gasteiger partial charge in [-0.1, -0.05) is 0 Å². The van der Waals surface area contributed by atoms with Crippen LogP contribution in [-0.2, 0) is 4.74 Å². The molecular weight excluding hydrogens is 269 g/mol. The summed E-state index contributed by atoms with van der Waals surface area (Å²) in [5.41, 5.74) is -1.05. The van der Waals surface area contributed by atoms with Gasteiger partial charge in [-0.05, 0) is 12.8 Å². The normalized spacial score (nSPS) is 16.6. The summed E-state index contributed by atoms with van der Waals surface area (Å²) in [6, 6.07) is 1.59. The first-order valence-corrected chi connectivity index (χ1v) is 6.20. The van der Waals surface area contributed by atoms with Crippen LogP contribution in [0.25, 0.3) is 5.65 Å². The summed E-state index contributed by atoms with van der Waals surface area (Å²) in [5.74, 6) is -2.76. The highest BCUT2D eigenvalue weighted by Gasteiger charge is 2.22. The Hall–Kier alpha value is -2.22. The third-order valence-corrected chi connectivity index (χ3v) is 3.44. The maximum Gasteiger partial charge on any atom is 0.357 e. The molecule has 0 radical (unpaired) electrons. The first-order valence-electron chi connectivity index (χ1n) is 6.20. The average molecular weight is 281 g/mol. The summed E-state index contributed by atoms with van der Waals surface area (Å²) in [7, 11) is 0. The topological polar surface area (TPSA) is 96.7 Å². The molecule has 8 heteroatoms. The van der Waals surface area contributed by atoms with Crippen LogP contribution in [-0.4, -0.2) is 38.9 Å². The molecule has 1 fully saturated rings. The predicted molar refractivity (Wildman–Crippen MR) is 65.5 cm³/mol. The molecule has 1 aliphatic heterocycles. The lowest BCUT2D eigenvalue weighted by Crippen LogP contribution is -2.23. The zero-order valence-electron chi connectivity index (χ0n) is 10.4. The van der Waals surface area contributed by atoms with Crippen LogP contribution < -0.4 is 5.56 Å². The van der Waals surface area contributed by atoms with E-state index in [1.165, 1.54) is 0 Å². The van der Waals surface area contributed by atoms with Crippen molar-refractivity contribution < 1.29 is 19.0 Å². The second-order valence-electron chi connectivity index (χ2n) is 4.68. The van der Waals surface area contributed by atoms with Crippen molar-refractivity contribution in [3.05, 3.63) is 33.6 Å². The summed E-state index contributed by atoms with van der Waals surface area (Å²) >= 11 is 0. The van der Waals surface area contributed by atoms with Crippen LogP contribution in [0.2, 0.25) is 0 Å². The summed E-state index contributed by atoms with van der Waals surface area (Å²) in [6.45, 7) is 1.24. The van der Waals surface area contributed by atoms with Gasteiger partial charge in [0.25, 0.3) is 0 Å². The van der Waals surface area contributed by atoms with Crippen LogP contribution in [0.4, 0.5) is 4.39 Å². The number of rotatable bonds is 2. The molecule has 2 aromatic rings. The molecular formula is C12H12FN3O4. The predicted octanol–water partition coefficient (Wildman–Crippen LogP) is 0.754. The molecule has 7 nitrogen and oxygen atoms in total. The first-order chi connectivity index (χ1) is 9.58. The van der Waals surface area contributed by atoms with E-state index in [0.29, 0.717) is 13.2 Å². The Morgan fingerprint density at radius 1 is 1.50 bits per heavy atom. The van der Waals surface area contributed by atoms with E-state index in [0.717, 1.165) is 23.1 Å². The van der Waals surface area contributed by atoms with Gasteiger partial charge in [-0.2, -0.15) is 8.91 Å². The number of fused-ring (bicyclic) bond motifs is 1. The monoisotopic (exact) mass is 281 g/mol. The number of hydrogen-bond acceptors (Lipinski definition) is 4. The highest BCUT2D eigenvalue weighted by Crippen LogP contribution is 2.26. The second-order valence-corrected chi connectivity index (χ2v) is 4.68. The van der Waals surface area contributed by atoms with E-state index >= 15 is 0 Å². The van der Waals surface area contributed by atoms with Crippen LogP contribution in [0.15, 0.2) is 10.9 Å². The van der Waals surface area contributed by atoms with Gasteiger partial charge in [0, 0.05) is 30.9 Å². The number of H-pyrrole nitrogens is 1. The molecule has 2 aromatic heterocycles. The largest absolute Gasteiger partial charge is 0.476 e. The van der Waals surface area contributed by atoms with E-state index in [9.17, 15) is 14.0 Å². The van der Waals surface area contributed by atoms with Gasteiger partial charge < -0.3 is 9.84 Å². The second kappa shape index (κ2) is 4.71. The van der Waals surface area contributed by atoms with Crippen molar-refractivity contribution in [2.45, 2.75) is 18.8 Å². The van der Waals surface area contributed by atoms with Crippen molar-refractivity contribution >= 4 is 11.6 Å². The molecule has 106 valence electrons. The van der Waals surface area contributed by atoms with E-state index in [1.54, 1.807) is 6.07 Å². The van der Waals surface area contributed by atoms with E-state index in [-0.39, 0.29) is 11.6 Å². The quantitative estimate of drug-likeness (QED) is 0.846. The Bertz CT molecular complexity index is 730. The number of ether oxygens (including phenoxy) is 1. The first kappa shape index (κ1) is 12.8. The Kier molecular flexibility index (Phi) is 3.01. The molecule has 2 N–H and O–H groups in total. The van der Waals surface area contributed by atoms with Gasteiger partial charge in [0.2, 0.25) is 5.82 Å². The number of aromatic carboxylic acids is 1. The molecule has 0 amide bonds. The molecule has 0 unspecified atom stereocenters. The lowest BCUT2D eigenvalue weighted by molar-refractivity contribution is 0.0684. The van der Waals surface area contributed by atoms with Crippen molar-refractivity contribution in [2.24, 2.45) is 0 Å². The molecule has 1 aliphatic rings. The molecule has 20 heavy (non-hydrogen) atoms. The number of hydrogen-bond donors (Lipinski definition) is 2. The minimum atomic E-state index is -1.56. The van der Waals surface area contributed by atoms with Crippen LogP contribution in [0.5, 0.6) is 0 Å². The van der Waals surface area contributed by atoms with Crippen LogP contribution in [0.1, 0.15) is 34.9 Å². The van der Waals surface area contributed by atoms with Gasteiger partial charge in [0.05, 0.1) is 0 Å². The number of halogens is 1. The van der Waals surface area contributed by atoms with Gasteiger partial charge in [0.15, 0.2) is 11.3 Å². The van der Waals surface area contributed by atoms with Crippen LogP contribution in [0.3, 0.4) is 0 Å². The Morgan fingerprint density at radius 3 is 2.85 bits per heavy atom. The third kappa shape index (κ3) is 1.97. The maximum atomic E-state index is 13.6. The van der Waals surface area contributed by atoms with Crippen molar-refractivity contribution in [3.63, 3.8) is 0 Å². The van der Waals surface area contributed by atoms with Crippen LogP contribution >= 0.6 is 0 Å². The summed E-state index contributed by atoms with van der Waals surface area (Å²) < 4.78 is 19.8. The van der Waals surface area contributed by atoms with Crippen LogP contribution in [0, 0.1) is 5.82 Å². The minimum absolute atomic E-state index is 0.107. The molecule has 0 atom stereocenters. The molecule has 3 rings (SSSR count). The van der Waals surface area contributed by atoms with Crippen molar-refractivity contribution in [2.75, 3.05) is 13.2 Å². The molecule has 0 bridgehead atoms. The van der Waals surface area contributed by atoms with Gasteiger partial charge in [0.1, 0.15) is 0 Å². The molecule has 0 saturated carbocycles. The Morgan fingerprint density at radius 2 is 2.20 bits per heavy atom.